The summed E-state index contributed by atoms with van der Waals surface area (Å²) < 4.78 is 22.0. The van der Waals surface area contributed by atoms with Crippen molar-refractivity contribution in [3.05, 3.63) is 35.9 Å². The third kappa shape index (κ3) is 3.43. The van der Waals surface area contributed by atoms with Crippen LogP contribution < -0.4 is 5.32 Å². The summed E-state index contributed by atoms with van der Waals surface area (Å²) in [6, 6.07) is 8.17. The van der Waals surface area contributed by atoms with Crippen molar-refractivity contribution in [2.24, 2.45) is 5.41 Å². The van der Waals surface area contributed by atoms with E-state index in [2.05, 4.69) is 5.32 Å². The Bertz CT molecular complexity index is 592. The molecule has 0 aliphatic carbocycles. The molecule has 1 amide bonds. The number of ether oxygens (including phenoxy) is 4. The number of nitrogens with one attached hydrogen (secondary N) is 1. The van der Waals surface area contributed by atoms with Gasteiger partial charge < -0.3 is 24.3 Å². The van der Waals surface area contributed by atoms with E-state index in [4.69, 9.17) is 18.9 Å². The van der Waals surface area contributed by atoms with Gasteiger partial charge >= 0.3 is 12.1 Å². The first-order valence-electron chi connectivity index (χ1n) is 7.82. The van der Waals surface area contributed by atoms with Crippen molar-refractivity contribution in [1.82, 2.24) is 5.32 Å². The van der Waals surface area contributed by atoms with Gasteiger partial charge in [0.05, 0.1) is 19.8 Å². The Hall–Kier alpha value is -1.96. The molecule has 3 heterocycles. The van der Waals surface area contributed by atoms with Gasteiger partial charge in [-0.1, -0.05) is 37.3 Å². The fourth-order valence-corrected chi connectivity index (χ4v) is 2.65. The van der Waals surface area contributed by atoms with Crippen LogP contribution in [0.5, 0.6) is 0 Å². The summed E-state index contributed by atoms with van der Waals surface area (Å²) in [5, 5.41) is 2.50. The van der Waals surface area contributed by atoms with Gasteiger partial charge in [0.15, 0.2) is 11.8 Å². The third-order valence-electron chi connectivity index (χ3n) is 4.10. The summed E-state index contributed by atoms with van der Waals surface area (Å²) in [6.45, 7) is 4.62. The standard InChI is InChI=1S/C17H21NO6/c1-12(19)14(17-22-9-16(2,10-23-17)11-24-17)18-15(20)21-8-13-6-4-3-5-7-13/h3-7,14H,8-11H2,1-2H3,(H,18,20)/t14-,16?,17?/m0/s1. The maximum absolute atomic E-state index is 12.1. The van der Waals surface area contributed by atoms with Gasteiger partial charge in [0.1, 0.15) is 6.61 Å². The highest BCUT2D eigenvalue weighted by Gasteiger charge is 2.57. The maximum atomic E-state index is 12.1. The van der Waals surface area contributed by atoms with Gasteiger partial charge in [0.25, 0.3) is 0 Å². The summed E-state index contributed by atoms with van der Waals surface area (Å²) in [6.07, 6.45) is -0.733. The largest absolute Gasteiger partial charge is 0.445 e. The van der Waals surface area contributed by atoms with Gasteiger partial charge in [0, 0.05) is 5.41 Å². The Kier molecular flexibility index (Phi) is 4.58. The highest BCUT2D eigenvalue weighted by molar-refractivity contribution is 5.86. The molecule has 0 radical (unpaired) electrons. The topological polar surface area (TPSA) is 83.1 Å². The monoisotopic (exact) mass is 335 g/mol. The fourth-order valence-electron chi connectivity index (χ4n) is 2.65. The molecule has 0 spiro atoms. The lowest BCUT2D eigenvalue weighted by Crippen LogP contribution is -2.69. The minimum Gasteiger partial charge on any atom is -0.445 e. The number of benzene rings is 1. The Morgan fingerprint density at radius 3 is 2.29 bits per heavy atom. The zero-order chi connectivity index (χ0) is 17.2. The summed E-state index contributed by atoms with van der Waals surface area (Å²) in [4.78, 5) is 24.1. The van der Waals surface area contributed by atoms with Crippen LogP contribution in [0, 0.1) is 5.41 Å². The van der Waals surface area contributed by atoms with Crippen LogP contribution in [-0.2, 0) is 30.3 Å². The highest BCUT2D eigenvalue weighted by Crippen LogP contribution is 2.40. The van der Waals surface area contributed by atoms with E-state index in [9.17, 15) is 9.59 Å². The first-order chi connectivity index (χ1) is 11.4. The zero-order valence-electron chi connectivity index (χ0n) is 13.7. The van der Waals surface area contributed by atoms with Crippen molar-refractivity contribution in [2.75, 3.05) is 19.8 Å². The van der Waals surface area contributed by atoms with E-state index in [0.29, 0.717) is 19.8 Å². The number of amides is 1. The van der Waals surface area contributed by atoms with Crippen LogP contribution in [0.15, 0.2) is 30.3 Å². The van der Waals surface area contributed by atoms with Crippen LogP contribution in [0.4, 0.5) is 4.79 Å². The highest BCUT2D eigenvalue weighted by atomic mass is 16.9. The molecule has 24 heavy (non-hydrogen) atoms. The molecule has 0 saturated carbocycles. The number of Topliss-reactive ketones (excluding diaryl/α,β-unsaturated/α-hetero) is 1. The number of carbonyl (C=O) groups is 2. The molecular weight excluding hydrogens is 314 g/mol. The molecule has 3 aliphatic rings. The second-order valence-corrected chi connectivity index (χ2v) is 6.53. The number of rotatable bonds is 5. The van der Waals surface area contributed by atoms with E-state index >= 15 is 0 Å². The molecule has 7 nitrogen and oxygen atoms in total. The molecular formula is C17H21NO6. The Morgan fingerprint density at radius 1 is 1.17 bits per heavy atom. The maximum Gasteiger partial charge on any atom is 0.408 e. The van der Waals surface area contributed by atoms with Crippen molar-refractivity contribution in [2.45, 2.75) is 32.5 Å². The number of carbonyl (C=O) groups excluding carboxylic acids is 2. The summed E-state index contributed by atoms with van der Waals surface area (Å²) in [7, 11) is 0. The van der Waals surface area contributed by atoms with Crippen molar-refractivity contribution in [3.63, 3.8) is 0 Å². The second-order valence-electron chi connectivity index (χ2n) is 6.53. The SMILES string of the molecule is CC(=O)[C@H](NC(=O)OCc1ccccc1)C12OCC(C)(CO1)CO2. The van der Waals surface area contributed by atoms with Crippen LogP contribution in [0.3, 0.4) is 0 Å². The molecule has 7 heteroatoms. The van der Waals surface area contributed by atoms with E-state index < -0.39 is 18.1 Å². The molecule has 3 fully saturated rings. The lowest BCUT2D eigenvalue weighted by molar-refractivity contribution is -0.469. The molecule has 4 rings (SSSR count). The van der Waals surface area contributed by atoms with Gasteiger partial charge in [-0.3, -0.25) is 4.79 Å². The zero-order valence-corrected chi connectivity index (χ0v) is 13.7. The molecule has 3 saturated heterocycles. The molecule has 130 valence electrons. The molecule has 3 aliphatic heterocycles. The van der Waals surface area contributed by atoms with Crippen LogP contribution in [0.1, 0.15) is 19.4 Å². The van der Waals surface area contributed by atoms with Crippen molar-refractivity contribution >= 4 is 11.9 Å². The minimum atomic E-state index is -1.57. The molecule has 1 N–H and O–H groups in total. The normalized spacial score (nSPS) is 29.8. The number of hydrogen-bond acceptors (Lipinski definition) is 6. The van der Waals surface area contributed by atoms with E-state index in [-0.39, 0.29) is 17.8 Å². The van der Waals surface area contributed by atoms with Gasteiger partial charge in [-0.15, -0.1) is 0 Å². The Labute approximate surface area is 140 Å². The van der Waals surface area contributed by atoms with Crippen molar-refractivity contribution in [3.8, 4) is 0 Å². The van der Waals surface area contributed by atoms with Crippen LogP contribution in [-0.4, -0.2) is 43.7 Å². The minimum absolute atomic E-state index is 0.102. The summed E-state index contributed by atoms with van der Waals surface area (Å²) in [5.41, 5.74) is 0.622. The predicted octanol–water partition coefficient (Wildman–Crippen LogP) is 1.61. The quantitative estimate of drug-likeness (QED) is 0.880. The van der Waals surface area contributed by atoms with Gasteiger partial charge in [0.2, 0.25) is 0 Å². The lowest BCUT2D eigenvalue weighted by Gasteiger charge is -2.52. The summed E-state index contributed by atoms with van der Waals surface area (Å²) >= 11 is 0. The Morgan fingerprint density at radius 2 is 1.75 bits per heavy atom. The number of ketones is 1. The van der Waals surface area contributed by atoms with Crippen LogP contribution in [0.2, 0.25) is 0 Å². The van der Waals surface area contributed by atoms with E-state index in [1.54, 1.807) is 0 Å². The van der Waals surface area contributed by atoms with E-state index in [0.717, 1.165) is 5.56 Å². The van der Waals surface area contributed by atoms with Crippen LogP contribution >= 0.6 is 0 Å². The molecule has 2 bridgehead atoms. The third-order valence-corrected chi connectivity index (χ3v) is 4.10. The van der Waals surface area contributed by atoms with Crippen LogP contribution in [0.25, 0.3) is 0 Å². The molecule has 1 aromatic carbocycles. The smallest absolute Gasteiger partial charge is 0.408 e. The van der Waals surface area contributed by atoms with Gasteiger partial charge in [-0.25, -0.2) is 4.79 Å². The molecule has 1 aromatic rings. The number of hydrogen-bond donors (Lipinski definition) is 1. The van der Waals surface area contributed by atoms with E-state index in [1.807, 2.05) is 37.3 Å². The molecule has 1 atom stereocenters. The first-order valence-corrected chi connectivity index (χ1v) is 7.82. The summed E-state index contributed by atoms with van der Waals surface area (Å²) in [5.74, 6) is -1.91. The average molecular weight is 335 g/mol. The van der Waals surface area contributed by atoms with E-state index in [1.165, 1.54) is 6.92 Å². The lowest BCUT2D eigenvalue weighted by atomic mass is 9.91. The number of alkyl carbamates (subject to hydrolysis) is 1. The van der Waals surface area contributed by atoms with Gasteiger partial charge in [-0.05, 0) is 12.5 Å². The number of fused-ring (bicyclic) bond motifs is 3. The Balaban J connectivity index is 1.62. The molecule has 0 aromatic heterocycles. The average Bonchev–Trinajstić information content (AvgIpc) is 2.59. The van der Waals surface area contributed by atoms with Gasteiger partial charge in [-0.2, -0.15) is 0 Å². The fraction of sp³-hybridized carbons (Fsp3) is 0.529. The second kappa shape index (κ2) is 6.51. The molecule has 0 unspecified atom stereocenters. The van der Waals surface area contributed by atoms with Crippen molar-refractivity contribution in [1.29, 1.82) is 0 Å². The first kappa shape index (κ1) is 16.9. The predicted molar refractivity (Wildman–Crippen MR) is 82.9 cm³/mol. The van der Waals surface area contributed by atoms with Crippen molar-refractivity contribution < 1.29 is 28.5 Å².